The Kier molecular flexibility index (Phi) is 6.69. The van der Waals surface area contributed by atoms with Crippen LogP contribution in [-0.4, -0.2) is 31.7 Å². The van der Waals surface area contributed by atoms with Gasteiger partial charge in [-0.15, -0.1) is 0 Å². The van der Waals surface area contributed by atoms with Gasteiger partial charge in [0, 0.05) is 12.6 Å². The van der Waals surface area contributed by atoms with Crippen molar-refractivity contribution < 1.29 is 14.3 Å². The van der Waals surface area contributed by atoms with Gasteiger partial charge in [-0.3, -0.25) is 0 Å². The number of carbonyl (C=O) groups excluding carboxylic acids is 1. The van der Waals surface area contributed by atoms with Gasteiger partial charge in [-0.25, -0.2) is 4.79 Å². The number of ether oxygens (including phenoxy) is 2. The minimum atomic E-state index is -0.203. The number of amides is 2. The van der Waals surface area contributed by atoms with Gasteiger partial charge in [0.25, 0.3) is 0 Å². The van der Waals surface area contributed by atoms with Gasteiger partial charge in [-0.2, -0.15) is 0 Å². The van der Waals surface area contributed by atoms with Crippen molar-refractivity contribution in [2.24, 2.45) is 0 Å². The second kappa shape index (κ2) is 8.97. The van der Waals surface area contributed by atoms with Crippen LogP contribution >= 0.6 is 0 Å². The molecule has 1 atom stereocenters. The number of methoxy groups -OCH3 is 1. The summed E-state index contributed by atoms with van der Waals surface area (Å²) < 4.78 is 11.1. The number of benzene rings is 2. The van der Waals surface area contributed by atoms with E-state index in [9.17, 15) is 4.79 Å². The van der Waals surface area contributed by atoms with Gasteiger partial charge in [0.1, 0.15) is 11.5 Å². The molecule has 134 valence electrons. The first-order chi connectivity index (χ1) is 12.1. The zero-order valence-corrected chi connectivity index (χ0v) is 15.3. The molecule has 0 aliphatic rings. The maximum absolute atomic E-state index is 12.7. The van der Waals surface area contributed by atoms with Gasteiger partial charge in [-0.1, -0.05) is 37.3 Å². The first-order valence-corrected chi connectivity index (χ1v) is 8.47. The number of para-hydroxylation sites is 3. The van der Waals surface area contributed by atoms with E-state index >= 15 is 0 Å². The summed E-state index contributed by atoms with van der Waals surface area (Å²) in [6, 6.07) is 14.8. The van der Waals surface area contributed by atoms with Crippen LogP contribution in [0.25, 0.3) is 0 Å². The fourth-order valence-corrected chi connectivity index (χ4v) is 2.51. The van der Waals surface area contributed by atoms with Crippen LogP contribution in [0.2, 0.25) is 0 Å². The fraction of sp³-hybridized carbons (Fsp3) is 0.350. The lowest BCUT2D eigenvalue weighted by molar-refractivity contribution is 0.207. The van der Waals surface area contributed by atoms with E-state index in [1.54, 1.807) is 19.1 Å². The second-order valence-corrected chi connectivity index (χ2v) is 5.80. The molecule has 0 saturated carbocycles. The number of carbonyl (C=O) groups is 1. The van der Waals surface area contributed by atoms with Crippen molar-refractivity contribution in [1.82, 2.24) is 4.90 Å². The summed E-state index contributed by atoms with van der Waals surface area (Å²) in [6.45, 7) is 4.63. The van der Waals surface area contributed by atoms with E-state index in [0.717, 1.165) is 17.7 Å². The Morgan fingerprint density at radius 2 is 1.76 bits per heavy atom. The summed E-state index contributed by atoms with van der Waals surface area (Å²) in [4.78, 5) is 14.3. The summed E-state index contributed by atoms with van der Waals surface area (Å²) in [5.74, 6) is 1.44. The molecule has 0 saturated heterocycles. The van der Waals surface area contributed by atoms with Crippen LogP contribution in [0.5, 0.6) is 11.5 Å². The number of anilines is 1. The Morgan fingerprint density at radius 3 is 2.44 bits per heavy atom. The second-order valence-electron chi connectivity index (χ2n) is 5.80. The minimum Gasteiger partial charge on any atom is -0.496 e. The highest BCUT2D eigenvalue weighted by atomic mass is 16.5. The van der Waals surface area contributed by atoms with Crippen molar-refractivity contribution in [3.63, 3.8) is 0 Å². The van der Waals surface area contributed by atoms with Crippen molar-refractivity contribution in [2.75, 3.05) is 26.1 Å². The molecule has 2 rings (SSSR count). The maximum atomic E-state index is 12.7. The molecule has 25 heavy (non-hydrogen) atoms. The minimum absolute atomic E-state index is 0.139. The van der Waals surface area contributed by atoms with Gasteiger partial charge in [0.2, 0.25) is 0 Å². The van der Waals surface area contributed by atoms with Crippen molar-refractivity contribution in [2.45, 2.75) is 26.3 Å². The Hall–Kier alpha value is -2.69. The Balaban J connectivity index is 2.12. The average Bonchev–Trinajstić information content (AvgIpc) is 2.66. The molecule has 2 aromatic carbocycles. The SMILES string of the molecule is CCCOc1ccccc1NC(=O)N(C)[C@@H](C)c1ccccc1OC. The molecule has 1 N–H and O–H groups in total. The van der Waals surface area contributed by atoms with E-state index in [4.69, 9.17) is 9.47 Å². The van der Waals surface area contributed by atoms with Crippen molar-refractivity contribution in [3.8, 4) is 11.5 Å². The molecule has 2 amide bonds. The molecule has 5 nitrogen and oxygen atoms in total. The molecule has 5 heteroatoms. The Morgan fingerprint density at radius 1 is 1.12 bits per heavy atom. The first-order valence-electron chi connectivity index (χ1n) is 8.47. The fourth-order valence-electron chi connectivity index (χ4n) is 2.51. The van der Waals surface area contributed by atoms with Crippen molar-refractivity contribution in [1.29, 1.82) is 0 Å². The van der Waals surface area contributed by atoms with Crippen LogP contribution in [0.15, 0.2) is 48.5 Å². The highest BCUT2D eigenvalue weighted by molar-refractivity contribution is 5.91. The standard InChI is InChI=1S/C20H26N2O3/c1-5-14-25-19-13-9-7-11-17(19)21-20(23)22(3)15(2)16-10-6-8-12-18(16)24-4/h6-13,15H,5,14H2,1-4H3,(H,21,23)/t15-/m0/s1. The molecule has 0 bridgehead atoms. The maximum Gasteiger partial charge on any atom is 0.322 e. The van der Waals surface area contributed by atoms with E-state index < -0.39 is 0 Å². The van der Waals surface area contributed by atoms with Gasteiger partial charge >= 0.3 is 6.03 Å². The third-order valence-electron chi connectivity index (χ3n) is 4.08. The van der Waals surface area contributed by atoms with Gasteiger partial charge in [0.15, 0.2) is 0 Å². The van der Waals surface area contributed by atoms with Crippen LogP contribution in [0.3, 0.4) is 0 Å². The predicted molar refractivity (Wildman–Crippen MR) is 100 cm³/mol. The highest BCUT2D eigenvalue weighted by Crippen LogP contribution is 2.29. The average molecular weight is 342 g/mol. The molecule has 0 unspecified atom stereocenters. The van der Waals surface area contributed by atoms with E-state index in [-0.39, 0.29) is 12.1 Å². The summed E-state index contributed by atoms with van der Waals surface area (Å²) in [7, 11) is 3.40. The molecular formula is C20H26N2O3. The molecule has 0 aliphatic heterocycles. The molecule has 0 radical (unpaired) electrons. The molecular weight excluding hydrogens is 316 g/mol. The molecule has 0 spiro atoms. The van der Waals surface area contributed by atoms with Crippen LogP contribution in [0.4, 0.5) is 10.5 Å². The van der Waals surface area contributed by atoms with Gasteiger partial charge < -0.3 is 19.7 Å². The van der Waals surface area contributed by atoms with E-state index in [2.05, 4.69) is 5.32 Å². The molecule has 0 heterocycles. The predicted octanol–water partition coefficient (Wildman–Crippen LogP) is 4.71. The molecule has 2 aromatic rings. The summed E-state index contributed by atoms with van der Waals surface area (Å²) >= 11 is 0. The normalized spacial score (nSPS) is 11.5. The first kappa shape index (κ1) is 18.6. The lowest BCUT2D eigenvalue weighted by atomic mass is 10.1. The third kappa shape index (κ3) is 4.66. The molecule has 0 fully saturated rings. The summed E-state index contributed by atoms with van der Waals surface area (Å²) in [5.41, 5.74) is 1.62. The van der Waals surface area contributed by atoms with Crippen LogP contribution in [0, 0.1) is 0 Å². The lowest BCUT2D eigenvalue weighted by Crippen LogP contribution is -2.33. The zero-order valence-electron chi connectivity index (χ0n) is 15.3. The monoisotopic (exact) mass is 342 g/mol. The smallest absolute Gasteiger partial charge is 0.322 e. The third-order valence-corrected chi connectivity index (χ3v) is 4.08. The number of hydrogen-bond donors (Lipinski definition) is 1. The number of hydrogen-bond acceptors (Lipinski definition) is 3. The summed E-state index contributed by atoms with van der Waals surface area (Å²) in [5, 5.41) is 2.93. The topological polar surface area (TPSA) is 50.8 Å². The number of rotatable bonds is 7. The van der Waals surface area contributed by atoms with Gasteiger partial charge in [0.05, 0.1) is 25.4 Å². The van der Waals surface area contributed by atoms with Crippen LogP contribution in [0.1, 0.15) is 31.9 Å². The number of nitrogens with one attached hydrogen (secondary N) is 1. The number of urea groups is 1. The van der Waals surface area contributed by atoms with E-state index in [1.165, 1.54) is 0 Å². The van der Waals surface area contributed by atoms with E-state index in [1.807, 2.05) is 62.4 Å². The zero-order chi connectivity index (χ0) is 18.2. The Labute approximate surface area is 149 Å². The quantitative estimate of drug-likeness (QED) is 0.793. The van der Waals surface area contributed by atoms with Crippen LogP contribution in [-0.2, 0) is 0 Å². The summed E-state index contributed by atoms with van der Waals surface area (Å²) in [6.07, 6.45) is 0.910. The largest absolute Gasteiger partial charge is 0.496 e. The molecule has 0 aliphatic carbocycles. The van der Waals surface area contributed by atoms with Crippen LogP contribution < -0.4 is 14.8 Å². The van der Waals surface area contributed by atoms with Crippen molar-refractivity contribution in [3.05, 3.63) is 54.1 Å². The number of nitrogens with zero attached hydrogens (tertiary/aromatic N) is 1. The lowest BCUT2D eigenvalue weighted by Gasteiger charge is -2.27. The Bertz CT molecular complexity index is 703. The van der Waals surface area contributed by atoms with E-state index in [0.29, 0.717) is 18.0 Å². The highest BCUT2D eigenvalue weighted by Gasteiger charge is 2.21. The van der Waals surface area contributed by atoms with Crippen molar-refractivity contribution >= 4 is 11.7 Å². The van der Waals surface area contributed by atoms with Gasteiger partial charge in [-0.05, 0) is 31.5 Å². The molecule has 0 aromatic heterocycles.